The summed E-state index contributed by atoms with van der Waals surface area (Å²) < 4.78 is 5.48. The first-order chi connectivity index (χ1) is 10.1. The molecule has 0 bridgehead atoms. The molecule has 0 spiro atoms. The maximum Gasteiger partial charge on any atom is 0.323 e. The van der Waals surface area contributed by atoms with E-state index < -0.39 is 5.60 Å². The maximum absolute atomic E-state index is 10.4. The van der Waals surface area contributed by atoms with Gasteiger partial charge in [-0.2, -0.15) is 15.0 Å². The maximum atomic E-state index is 10.4. The second kappa shape index (κ2) is 7.40. The minimum absolute atomic E-state index is 0.309. The molecule has 1 saturated carbocycles. The van der Waals surface area contributed by atoms with Crippen molar-refractivity contribution in [2.45, 2.75) is 51.6 Å². The molecule has 1 aliphatic rings. The lowest BCUT2D eigenvalue weighted by Crippen LogP contribution is -2.34. The number of ether oxygens (including phenoxy) is 1. The molecule has 0 aliphatic heterocycles. The SMILES string of the molecule is CCCOc1nc(NCC)nc(NCC2(O)CCCC2)n1. The van der Waals surface area contributed by atoms with Crippen molar-refractivity contribution < 1.29 is 9.84 Å². The second-order valence-corrected chi connectivity index (χ2v) is 5.43. The van der Waals surface area contributed by atoms with Crippen molar-refractivity contribution >= 4 is 11.9 Å². The van der Waals surface area contributed by atoms with E-state index in [0.717, 1.165) is 38.6 Å². The Hall–Kier alpha value is -1.63. The van der Waals surface area contributed by atoms with E-state index in [0.29, 0.717) is 31.1 Å². The highest BCUT2D eigenvalue weighted by atomic mass is 16.5. The predicted molar refractivity (Wildman–Crippen MR) is 81.7 cm³/mol. The third-order valence-corrected chi connectivity index (χ3v) is 3.49. The van der Waals surface area contributed by atoms with Crippen molar-refractivity contribution in [2.24, 2.45) is 0 Å². The Bertz CT molecular complexity index is 449. The Kier molecular flexibility index (Phi) is 5.55. The molecule has 1 aromatic rings. The smallest absolute Gasteiger partial charge is 0.323 e. The number of nitrogens with zero attached hydrogens (tertiary/aromatic N) is 3. The van der Waals surface area contributed by atoms with E-state index in [1.54, 1.807) is 0 Å². The van der Waals surface area contributed by atoms with Crippen LogP contribution in [0.5, 0.6) is 6.01 Å². The molecule has 118 valence electrons. The summed E-state index contributed by atoms with van der Waals surface area (Å²) in [5.74, 6) is 0.923. The summed E-state index contributed by atoms with van der Waals surface area (Å²) in [6, 6.07) is 0.309. The van der Waals surface area contributed by atoms with E-state index in [1.807, 2.05) is 13.8 Å². The van der Waals surface area contributed by atoms with Crippen LogP contribution in [0, 0.1) is 0 Å². The fraction of sp³-hybridized carbons (Fsp3) is 0.786. The molecule has 1 aromatic heterocycles. The number of hydrogen-bond acceptors (Lipinski definition) is 7. The highest BCUT2D eigenvalue weighted by Gasteiger charge is 2.31. The summed E-state index contributed by atoms with van der Waals surface area (Å²) in [5.41, 5.74) is -0.643. The number of hydrogen-bond donors (Lipinski definition) is 3. The molecule has 1 heterocycles. The van der Waals surface area contributed by atoms with Crippen molar-refractivity contribution in [2.75, 3.05) is 30.3 Å². The standard InChI is InChI=1S/C14H25N5O2/c1-3-9-21-13-18-11(15-4-2)17-12(19-13)16-10-14(20)7-5-6-8-14/h20H,3-10H2,1-2H3,(H2,15,16,17,18,19). The average Bonchev–Trinajstić information content (AvgIpc) is 2.91. The van der Waals surface area contributed by atoms with E-state index in [-0.39, 0.29) is 0 Å². The van der Waals surface area contributed by atoms with Gasteiger partial charge in [0.2, 0.25) is 11.9 Å². The van der Waals surface area contributed by atoms with Crippen LogP contribution in [-0.2, 0) is 0 Å². The van der Waals surface area contributed by atoms with E-state index in [1.165, 1.54) is 0 Å². The molecule has 0 aromatic carbocycles. The molecule has 0 unspecified atom stereocenters. The van der Waals surface area contributed by atoms with Gasteiger partial charge in [0.15, 0.2) is 0 Å². The lowest BCUT2D eigenvalue weighted by Gasteiger charge is -2.22. The van der Waals surface area contributed by atoms with Crippen molar-refractivity contribution in [1.29, 1.82) is 0 Å². The van der Waals surface area contributed by atoms with Gasteiger partial charge in [0.25, 0.3) is 0 Å². The highest BCUT2D eigenvalue weighted by Crippen LogP contribution is 2.29. The molecule has 21 heavy (non-hydrogen) atoms. The van der Waals surface area contributed by atoms with Crippen LogP contribution in [-0.4, -0.2) is 45.4 Å². The molecule has 1 fully saturated rings. The largest absolute Gasteiger partial charge is 0.463 e. The normalized spacial score (nSPS) is 16.7. The third-order valence-electron chi connectivity index (χ3n) is 3.49. The van der Waals surface area contributed by atoms with Gasteiger partial charge >= 0.3 is 6.01 Å². The Labute approximate surface area is 125 Å². The molecular formula is C14H25N5O2. The van der Waals surface area contributed by atoms with E-state index in [9.17, 15) is 5.11 Å². The molecule has 1 aliphatic carbocycles. The second-order valence-electron chi connectivity index (χ2n) is 5.43. The number of anilines is 2. The van der Waals surface area contributed by atoms with Gasteiger partial charge in [-0.1, -0.05) is 19.8 Å². The topological polar surface area (TPSA) is 92.2 Å². The van der Waals surface area contributed by atoms with Gasteiger partial charge in [0.05, 0.1) is 12.2 Å². The minimum Gasteiger partial charge on any atom is -0.463 e. The fourth-order valence-corrected chi connectivity index (χ4v) is 2.38. The van der Waals surface area contributed by atoms with Gasteiger partial charge in [-0.25, -0.2) is 0 Å². The van der Waals surface area contributed by atoms with Crippen LogP contribution in [0.4, 0.5) is 11.9 Å². The summed E-state index contributed by atoms with van der Waals surface area (Å²) in [4.78, 5) is 12.7. The molecule has 2 rings (SSSR count). The minimum atomic E-state index is -0.643. The van der Waals surface area contributed by atoms with Gasteiger partial charge in [-0.3, -0.25) is 0 Å². The summed E-state index contributed by atoms with van der Waals surface area (Å²) in [6.45, 7) is 5.75. The Morgan fingerprint density at radius 3 is 2.38 bits per heavy atom. The fourth-order valence-electron chi connectivity index (χ4n) is 2.38. The van der Waals surface area contributed by atoms with Crippen LogP contribution >= 0.6 is 0 Å². The van der Waals surface area contributed by atoms with Crippen LogP contribution in [0.3, 0.4) is 0 Å². The molecule has 7 nitrogen and oxygen atoms in total. The van der Waals surface area contributed by atoms with E-state index in [4.69, 9.17) is 4.74 Å². The van der Waals surface area contributed by atoms with Gasteiger partial charge in [-0.15, -0.1) is 0 Å². The molecule has 3 N–H and O–H groups in total. The van der Waals surface area contributed by atoms with Gasteiger partial charge in [0, 0.05) is 13.1 Å². The lowest BCUT2D eigenvalue weighted by atomic mass is 10.0. The zero-order valence-corrected chi connectivity index (χ0v) is 12.9. The van der Waals surface area contributed by atoms with Crippen LogP contribution in [0.25, 0.3) is 0 Å². The quantitative estimate of drug-likeness (QED) is 0.673. The molecular weight excluding hydrogens is 270 g/mol. The Balaban J connectivity index is 2.03. The van der Waals surface area contributed by atoms with Crippen molar-refractivity contribution in [3.05, 3.63) is 0 Å². The third kappa shape index (κ3) is 4.70. The van der Waals surface area contributed by atoms with Crippen LogP contribution in [0.15, 0.2) is 0 Å². The predicted octanol–water partition coefficient (Wildman–Crippen LogP) is 1.81. The molecule has 0 atom stereocenters. The monoisotopic (exact) mass is 295 g/mol. The highest BCUT2D eigenvalue weighted by molar-refractivity contribution is 5.36. The van der Waals surface area contributed by atoms with E-state index in [2.05, 4.69) is 25.6 Å². The number of rotatable bonds is 8. The van der Waals surface area contributed by atoms with Crippen LogP contribution in [0.2, 0.25) is 0 Å². The van der Waals surface area contributed by atoms with Crippen molar-refractivity contribution in [1.82, 2.24) is 15.0 Å². The average molecular weight is 295 g/mol. The zero-order valence-electron chi connectivity index (χ0n) is 12.9. The number of nitrogens with one attached hydrogen (secondary N) is 2. The lowest BCUT2D eigenvalue weighted by molar-refractivity contribution is 0.0612. The summed E-state index contributed by atoms with van der Waals surface area (Å²) in [5, 5.41) is 16.5. The summed E-state index contributed by atoms with van der Waals surface area (Å²) >= 11 is 0. The van der Waals surface area contributed by atoms with Gasteiger partial charge in [-0.05, 0) is 26.2 Å². The Morgan fingerprint density at radius 2 is 1.76 bits per heavy atom. The molecule has 0 saturated heterocycles. The molecule has 0 amide bonds. The summed E-state index contributed by atoms with van der Waals surface area (Å²) in [7, 11) is 0. The first-order valence-electron chi connectivity index (χ1n) is 7.74. The van der Waals surface area contributed by atoms with Crippen molar-refractivity contribution in [3.8, 4) is 6.01 Å². The number of aliphatic hydroxyl groups is 1. The molecule has 7 heteroatoms. The zero-order chi connectivity index (χ0) is 15.1. The Morgan fingerprint density at radius 1 is 1.10 bits per heavy atom. The van der Waals surface area contributed by atoms with Gasteiger partial charge < -0.3 is 20.5 Å². The van der Waals surface area contributed by atoms with Crippen LogP contribution < -0.4 is 15.4 Å². The first kappa shape index (κ1) is 15.8. The van der Waals surface area contributed by atoms with E-state index >= 15 is 0 Å². The number of aromatic nitrogens is 3. The summed E-state index contributed by atoms with van der Waals surface area (Å²) in [6.07, 6.45) is 4.69. The van der Waals surface area contributed by atoms with Crippen LogP contribution in [0.1, 0.15) is 46.0 Å². The molecule has 0 radical (unpaired) electrons. The van der Waals surface area contributed by atoms with Crippen molar-refractivity contribution in [3.63, 3.8) is 0 Å². The first-order valence-corrected chi connectivity index (χ1v) is 7.74. The van der Waals surface area contributed by atoms with Gasteiger partial charge in [0.1, 0.15) is 0 Å².